The van der Waals surface area contributed by atoms with Gasteiger partial charge in [0.15, 0.2) is 0 Å². The van der Waals surface area contributed by atoms with Gasteiger partial charge in [-0.05, 0) is 116 Å². The number of hydrogen-bond donors (Lipinski definition) is 2. The number of amides is 1. The zero-order chi connectivity index (χ0) is 28.4. The molecule has 39 heavy (non-hydrogen) atoms. The molecule has 0 aliphatic carbocycles. The highest BCUT2D eigenvalue weighted by Gasteiger charge is 2.33. The lowest BCUT2D eigenvalue weighted by molar-refractivity contribution is -0.117. The van der Waals surface area contributed by atoms with Crippen molar-refractivity contribution in [3.63, 3.8) is 0 Å². The molecule has 0 spiro atoms. The molecule has 4 heteroatoms. The van der Waals surface area contributed by atoms with Gasteiger partial charge < -0.3 is 15.2 Å². The smallest absolute Gasteiger partial charge is 0.246 e. The van der Waals surface area contributed by atoms with Gasteiger partial charge in [0, 0.05) is 17.7 Å². The Balaban J connectivity index is 1.37. The molecule has 4 nitrogen and oxygen atoms in total. The average Bonchev–Trinajstić information content (AvgIpc) is 2.91. The Morgan fingerprint density at radius 3 is 2.33 bits per heavy atom. The molecule has 2 aromatic carbocycles. The fourth-order valence-corrected chi connectivity index (χ4v) is 5.15. The van der Waals surface area contributed by atoms with Crippen LogP contribution in [-0.2, 0) is 17.8 Å². The Morgan fingerprint density at radius 1 is 1.00 bits per heavy atom. The molecule has 0 aromatic heterocycles. The highest BCUT2D eigenvalue weighted by molar-refractivity contribution is 5.92. The van der Waals surface area contributed by atoms with Crippen molar-refractivity contribution >= 4 is 5.91 Å². The Labute approximate surface area is 235 Å². The van der Waals surface area contributed by atoms with Crippen molar-refractivity contribution < 1.29 is 14.6 Å². The number of fused-ring (bicyclic) bond motifs is 1. The third-order valence-corrected chi connectivity index (χ3v) is 7.92. The second-order valence-electron chi connectivity index (χ2n) is 11.5. The molecular weight excluding hydrogens is 482 g/mol. The van der Waals surface area contributed by atoms with Gasteiger partial charge in [0.05, 0.1) is 0 Å². The molecular formula is C35H47NO3. The van der Waals surface area contributed by atoms with Crippen LogP contribution in [0.15, 0.2) is 71.3 Å². The lowest BCUT2D eigenvalue weighted by Crippen LogP contribution is -2.36. The van der Waals surface area contributed by atoms with Gasteiger partial charge >= 0.3 is 0 Å². The molecule has 1 heterocycles. The summed E-state index contributed by atoms with van der Waals surface area (Å²) >= 11 is 0. The zero-order valence-corrected chi connectivity index (χ0v) is 24.8. The van der Waals surface area contributed by atoms with Crippen molar-refractivity contribution in [2.75, 3.05) is 0 Å². The molecule has 1 unspecified atom stereocenters. The summed E-state index contributed by atoms with van der Waals surface area (Å²) in [6, 6.07) is 11.8. The molecule has 0 bridgehead atoms. The fraction of sp³-hybridized carbons (Fsp3) is 0.457. The van der Waals surface area contributed by atoms with Gasteiger partial charge in [0.25, 0.3) is 0 Å². The van der Waals surface area contributed by atoms with Gasteiger partial charge in [-0.2, -0.15) is 0 Å². The maximum Gasteiger partial charge on any atom is 0.246 e. The van der Waals surface area contributed by atoms with Gasteiger partial charge in [-0.25, -0.2) is 0 Å². The van der Waals surface area contributed by atoms with Gasteiger partial charge in [0.1, 0.15) is 17.1 Å². The number of benzene rings is 2. The normalized spacial score (nSPS) is 17.9. The summed E-state index contributed by atoms with van der Waals surface area (Å²) in [6.45, 7) is 13.1. The van der Waals surface area contributed by atoms with Crippen LogP contribution in [0.5, 0.6) is 11.5 Å². The maximum absolute atomic E-state index is 12.3. The molecule has 1 aliphatic rings. The number of hydrogen-bond acceptors (Lipinski definition) is 3. The maximum atomic E-state index is 12.3. The van der Waals surface area contributed by atoms with E-state index in [1.165, 1.54) is 11.1 Å². The lowest BCUT2D eigenvalue weighted by atomic mass is 9.86. The number of phenolic OH excluding ortho intramolecular Hbond substituents is 1. The van der Waals surface area contributed by atoms with E-state index in [1.54, 1.807) is 0 Å². The van der Waals surface area contributed by atoms with Gasteiger partial charge in [0.2, 0.25) is 5.91 Å². The second-order valence-corrected chi connectivity index (χ2v) is 11.5. The summed E-state index contributed by atoms with van der Waals surface area (Å²) in [7, 11) is 0. The summed E-state index contributed by atoms with van der Waals surface area (Å²) in [6.07, 6.45) is 14.6. The van der Waals surface area contributed by atoms with E-state index in [0.29, 0.717) is 12.3 Å². The monoisotopic (exact) mass is 529 g/mol. The summed E-state index contributed by atoms with van der Waals surface area (Å²) in [5.41, 5.74) is 7.64. The number of carbonyl (C=O) groups is 1. The number of carbonyl (C=O) groups excluding carboxylic acids is 1. The highest BCUT2D eigenvalue weighted by atomic mass is 16.5. The molecule has 0 radical (unpaired) electrons. The number of phenols is 1. The van der Waals surface area contributed by atoms with E-state index in [9.17, 15) is 9.90 Å². The quantitative estimate of drug-likeness (QED) is 0.214. The first-order valence-electron chi connectivity index (χ1n) is 14.4. The van der Waals surface area contributed by atoms with Crippen LogP contribution in [0, 0.1) is 13.8 Å². The average molecular weight is 530 g/mol. The highest BCUT2D eigenvalue weighted by Crippen LogP contribution is 2.42. The Morgan fingerprint density at radius 2 is 1.64 bits per heavy atom. The standard InChI is InChI=1S/C35H47NO3/c1-25(15-11-17-27(3)34(38)36-24-30-18-8-7-9-19-30)13-10-14-26(2)16-12-21-35(6)22-20-31-29(5)32(37)23-28(4)33(31)39-35/h7-9,13,16-19,23,37H,10-12,14-15,20-22,24H2,1-6H3,(H,36,38)/b25-13+,26-16+,27-17+. The largest absolute Gasteiger partial charge is 0.508 e. The van der Waals surface area contributed by atoms with Crippen molar-refractivity contribution in [2.24, 2.45) is 0 Å². The first-order valence-corrected chi connectivity index (χ1v) is 14.4. The lowest BCUT2D eigenvalue weighted by Gasteiger charge is -2.37. The van der Waals surface area contributed by atoms with Crippen LogP contribution < -0.4 is 10.1 Å². The minimum absolute atomic E-state index is 0.00230. The van der Waals surface area contributed by atoms with Crippen LogP contribution in [0.25, 0.3) is 0 Å². The Kier molecular flexibility index (Phi) is 11.0. The van der Waals surface area contributed by atoms with Gasteiger partial charge in [-0.1, -0.05) is 59.7 Å². The van der Waals surface area contributed by atoms with Crippen molar-refractivity contribution in [3.05, 3.63) is 93.6 Å². The van der Waals surface area contributed by atoms with E-state index in [4.69, 9.17) is 4.74 Å². The molecule has 0 saturated carbocycles. The summed E-state index contributed by atoms with van der Waals surface area (Å²) < 4.78 is 6.50. The first kappa shape index (κ1) is 30.3. The first-order chi connectivity index (χ1) is 18.6. The van der Waals surface area contributed by atoms with E-state index >= 15 is 0 Å². The predicted molar refractivity (Wildman–Crippen MR) is 162 cm³/mol. The third-order valence-electron chi connectivity index (χ3n) is 7.92. The van der Waals surface area contributed by atoms with Crippen molar-refractivity contribution in [2.45, 2.75) is 105 Å². The number of rotatable bonds is 12. The van der Waals surface area contributed by atoms with Crippen LogP contribution in [-0.4, -0.2) is 16.6 Å². The predicted octanol–water partition coefficient (Wildman–Crippen LogP) is 8.59. The second kappa shape index (κ2) is 14.2. The zero-order valence-electron chi connectivity index (χ0n) is 24.8. The number of allylic oxidation sites excluding steroid dienone is 5. The molecule has 3 rings (SSSR count). The SMILES string of the molecule is C/C(=C\CC/C(C)=C/CCC1(C)CCc2c(C)c(O)cc(C)c2O1)CC/C=C(\C)C(=O)NCc1ccccc1. The van der Waals surface area contributed by atoms with Gasteiger partial charge in [-0.15, -0.1) is 0 Å². The number of aryl methyl sites for hydroxylation is 1. The molecule has 1 aliphatic heterocycles. The topological polar surface area (TPSA) is 58.6 Å². The third kappa shape index (κ3) is 9.16. The Bertz CT molecular complexity index is 1220. The van der Waals surface area contributed by atoms with E-state index in [2.05, 4.69) is 38.2 Å². The molecule has 0 fully saturated rings. The van der Waals surface area contributed by atoms with Crippen LogP contribution in [0.3, 0.4) is 0 Å². The number of nitrogens with one attached hydrogen (secondary N) is 1. The molecule has 1 amide bonds. The van der Waals surface area contributed by atoms with Crippen molar-refractivity contribution in [1.29, 1.82) is 0 Å². The Hall–Kier alpha value is -3.27. The van der Waals surface area contributed by atoms with Crippen LogP contribution in [0.2, 0.25) is 0 Å². The summed E-state index contributed by atoms with van der Waals surface area (Å²) in [4.78, 5) is 12.3. The molecule has 2 aromatic rings. The van der Waals surface area contributed by atoms with Crippen molar-refractivity contribution in [1.82, 2.24) is 5.32 Å². The molecule has 210 valence electrons. The molecule has 2 N–H and O–H groups in total. The fourth-order valence-electron chi connectivity index (χ4n) is 5.15. The van der Waals surface area contributed by atoms with Crippen LogP contribution in [0.4, 0.5) is 0 Å². The molecule has 1 atom stereocenters. The summed E-state index contributed by atoms with van der Waals surface area (Å²) in [5, 5.41) is 13.1. The minimum Gasteiger partial charge on any atom is -0.508 e. The van der Waals surface area contributed by atoms with E-state index in [-0.39, 0.29) is 11.5 Å². The summed E-state index contributed by atoms with van der Waals surface area (Å²) in [5.74, 6) is 1.34. The van der Waals surface area contributed by atoms with Crippen LogP contribution >= 0.6 is 0 Å². The van der Waals surface area contributed by atoms with Gasteiger partial charge in [-0.3, -0.25) is 4.79 Å². The van der Waals surface area contributed by atoms with Crippen molar-refractivity contribution in [3.8, 4) is 11.5 Å². The van der Waals surface area contributed by atoms with E-state index < -0.39 is 0 Å². The number of ether oxygens (including phenoxy) is 1. The minimum atomic E-state index is -0.168. The van der Waals surface area contributed by atoms with Crippen LogP contribution in [0.1, 0.15) is 94.9 Å². The van der Waals surface area contributed by atoms with E-state index in [1.807, 2.05) is 63.2 Å². The molecule has 0 saturated heterocycles. The number of aromatic hydroxyl groups is 1. The van der Waals surface area contributed by atoms with E-state index in [0.717, 1.165) is 84.9 Å².